The van der Waals surface area contributed by atoms with Crippen LogP contribution < -0.4 is 4.74 Å². The fourth-order valence-corrected chi connectivity index (χ4v) is 1.67. The lowest BCUT2D eigenvalue weighted by molar-refractivity contribution is 0.164. The molecule has 0 fully saturated rings. The summed E-state index contributed by atoms with van der Waals surface area (Å²) in [7, 11) is 1.42. The van der Waals surface area contributed by atoms with E-state index in [-0.39, 0.29) is 12.0 Å². The molecule has 0 aromatic heterocycles. The summed E-state index contributed by atoms with van der Waals surface area (Å²) in [6.07, 6.45) is -1.35. The van der Waals surface area contributed by atoms with Crippen LogP contribution in [0.4, 0.5) is 4.39 Å². The van der Waals surface area contributed by atoms with E-state index in [4.69, 9.17) is 39.5 Å². The first-order chi connectivity index (χ1) is 7.33. The average Bonchev–Trinajstić information content (AvgIpc) is 2.14. The summed E-state index contributed by atoms with van der Waals surface area (Å²) in [5.41, 5.74) is 0.0760. The Kier molecular flexibility index (Phi) is 4.68. The van der Waals surface area contributed by atoms with Gasteiger partial charge in [0.2, 0.25) is 0 Å². The minimum atomic E-state index is -1.62. The predicted octanol–water partition coefficient (Wildman–Crippen LogP) is 3.63. The monoisotopic (exact) mass is 286 g/mol. The van der Waals surface area contributed by atoms with Gasteiger partial charge in [-0.25, -0.2) is 4.39 Å². The molecule has 0 aliphatic carbocycles. The van der Waals surface area contributed by atoms with E-state index >= 15 is 0 Å². The van der Waals surface area contributed by atoms with Crippen LogP contribution >= 0.6 is 34.8 Å². The molecular formula is C10H10Cl3FO2. The number of halogens is 4. The van der Waals surface area contributed by atoms with Gasteiger partial charge in [-0.1, -0.05) is 34.8 Å². The molecule has 0 amide bonds. The highest BCUT2D eigenvalue weighted by Crippen LogP contribution is 2.37. The normalized spacial score (nSPS) is 13.6. The first kappa shape index (κ1) is 13.8. The zero-order valence-corrected chi connectivity index (χ0v) is 10.7. The van der Waals surface area contributed by atoms with Gasteiger partial charge >= 0.3 is 0 Å². The second kappa shape index (κ2) is 5.41. The van der Waals surface area contributed by atoms with Crippen LogP contribution in [0, 0.1) is 5.82 Å². The highest BCUT2D eigenvalue weighted by molar-refractivity contribution is 6.67. The molecule has 0 radical (unpaired) electrons. The van der Waals surface area contributed by atoms with Crippen molar-refractivity contribution in [3.05, 3.63) is 29.6 Å². The van der Waals surface area contributed by atoms with Crippen molar-refractivity contribution in [3.63, 3.8) is 0 Å². The van der Waals surface area contributed by atoms with Gasteiger partial charge in [0.15, 0.2) is 3.79 Å². The highest BCUT2D eigenvalue weighted by Gasteiger charge is 2.26. The van der Waals surface area contributed by atoms with Crippen LogP contribution in [0.5, 0.6) is 5.75 Å². The number of rotatable bonds is 3. The first-order valence-electron chi connectivity index (χ1n) is 4.42. The lowest BCUT2D eigenvalue weighted by Gasteiger charge is -2.17. The van der Waals surface area contributed by atoms with Gasteiger partial charge in [0.1, 0.15) is 11.6 Å². The van der Waals surface area contributed by atoms with Crippen LogP contribution in [0.3, 0.4) is 0 Å². The van der Waals surface area contributed by atoms with Crippen molar-refractivity contribution in [1.29, 1.82) is 0 Å². The zero-order valence-electron chi connectivity index (χ0n) is 8.38. The van der Waals surface area contributed by atoms with Crippen molar-refractivity contribution in [3.8, 4) is 5.75 Å². The third-order valence-corrected chi connectivity index (χ3v) is 2.45. The number of benzene rings is 1. The maximum atomic E-state index is 13.5. The van der Waals surface area contributed by atoms with Gasteiger partial charge in [0, 0.05) is 18.1 Å². The van der Waals surface area contributed by atoms with Crippen molar-refractivity contribution >= 4 is 34.8 Å². The number of hydrogen-bond donors (Lipinski definition) is 1. The van der Waals surface area contributed by atoms with Gasteiger partial charge in [0.05, 0.1) is 13.2 Å². The molecule has 16 heavy (non-hydrogen) atoms. The number of alkyl halides is 3. The van der Waals surface area contributed by atoms with Crippen LogP contribution in [0.2, 0.25) is 0 Å². The first-order valence-corrected chi connectivity index (χ1v) is 5.55. The second-order valence-electron chi connectivity index (χ2n) is 3.22. The van der Waals surface area contributed by atoms with Gasteiger partial charge in [0.25, 0.3) is 0 Å². The van der Waals surface area contributed by atoms with Crippen molar-refractivity contribution < 1.29 is 14.2 Å². The summed E-state index contributed by atoms with van der Waals surface area (Å²) in [5.74, 6) is -0.233. The van der Waals surface area contributed by atoms with Gasteiger partial charge in [-0.05, 0) is 12.1 Å². The number of hydrogen-bond acceptors (Lipinski definition) is 2. The molecule has 1 unspecified atom stereocenters. The number of aliphatic hydroxyl groups excluding tert-OH is 1. The second-order valence-corrected chi connectivity index (χ2v) is 5.74. The molecule has 1 rings (SSSR count). The maximum absolute atomic E-state index is 13.5. The molecule has 0 saturated carbocycles. The molecule has 2 nitrogen and oxygen atoms in total. The molecule has 0 heterocycles. The van der Waals surface area contributed by atoms with Gasteiger partial charge in [-0.2, -0.15) is 0 Å². The standard InChI is InChI=1S/C10H10Cl3FO2/c1-16-6-2-3-7(8(14)4-6)9(15)5-10(11,12)13/h2-4,9,15H,5H2,1H3. The topological polar surface area (TPSA) is 29.5 Å². The fraction of sp³-hybridized carbons (Fsp3) is 0.400. The largest absolute Gasteiger partial charge is 0.497 e. The number of aliphatic hydroxyl groups is 1. The zero-order chi connectivity index (χ0) is 12.3. The number of ether oxygens (including phenoxy) is 1. The summed E-state index contributed by atoms with van der Waals surface area (Å²) < 4.78 is 16.7. The van der Waals surface area contributed by atoms with E-state index in [0.717, 1.165) is 6.07 Å². The lowest BCUT2D eigenvalue weighted by atomic mass is 10.1. The van der Waals surface area contributed by atoms with E-state index < -0.39 is 15.7 Å². The minimum Gasteiger partial charge on any atom is -0.497 e. The van der Waals surface area contributed by atoms with Crippen molar-refractivity contribution in [2.45, 2.75) is 16.3 Å². The highest BCUT2D eigenvalue weighted by atomic mass is 35.6. The Morgan fingerprint density at radius 3 is 2.50 bits per heavy atom. The van der Waals surface area contributed by atoms with E-state index in [0.29, 0.717) is 5.75 Å². The number of methoxy groups -OCH3 is 1. The molecule has 6 heteroatoms. The van der Waals surface area contributed by atoms with Crippen LogP contribution in [-0.4, -0.2) is 16.0 Å². The molecule has 0 saturated heterocycles. The van der Waals surface area contributed by atoms with Crippen LogP contribution in [0.15, 0.2) is 18.2 Å². The maximum Gasteiger partial charge on any atom is 0.193 e. The molecule has 1 atom stereocenters. The van der Waals surface area contributed by atoms with Crippen molar-refractivity contribution in [1.82, 2.24) is 0 Å². The van der Waals surface area contributed by atoms with E-state index in [1.54, 1.807) is 0 Å². The molecule has 1 aromatic rings. The minimum absolute atomic E-state index is 0.0760. The Morgan fingerprint density at radius 1 is 1.44 bits per heavy atom. The third kappa shape index (κ3) is 3.98. The van der Waals surface area contributed by atoms with E-state index in [1.807, 2.05) is 0 Å². The predicted molar refractivity (Wildman–Crippen MR) is 62.8 cm³/mol. The molecule has 0 spiro atoms. The molecule has 90 valence electrons. The van der Waals surface area contributed by atoms with Gasteiger partial charge in [-0.3, -0.25) is 0 Å². The van der Waals surface area contributed by atoms with Gasteiger partial charge in [-0.15, -0.1) is 0 Å². The molecule has 0 aliphatic heterocycles. The van der Waals surface area contributed by atoms with Crippen LogP contribution in [-0.2, 0) is 0 Å². The summed E-state index contributed by atoms with van der Waals surface area (Å²) in [6, 6.07) is 4.09. The van der Waals surface area contributed by atoms with Crippen LogP contribution in [0.25, 0.3) is 0 Å². The summed E-state index contributed by atoms with van der Waals surface area (Å²) in [6.45, 7) is 0. The molecule has 1 aromatic carbocycles. The van der Waals surface area contributed by atoms with E-state index in [1.165, 1.54) is 19.2 Å². The Bertz CT molecular complexity index is 366. The average molecular weight is 288 g/mol. The Morgan fingerprint density at radius 2 is 2.06 bits per heavy atom. The van der Waals surface area contributed by atoms with Crippen molar-refractivity contribution in [2.75, 3.05) is 7.11 Å². The molecule has 0 bridgehead atoms. The van der Waals surface area contributed by atoms with E-state index in [9.17, 15) is 9.50 Å². The molecule has 1 N–H and O–H groups in total. The Balaban J connectivity index is 2.88. The summed E-state index contributed by atoms with van der Waals surface area (Å²) >= 11 is 16.5. The molecular weight excluding hydrogens is 277 g/mol. The third-order valence-electron chi connectivity index (χ3n) is 1.99. The summed E-state index contributed by atoms with van der Waals surface area (Å²) in [4.78, 5) is 0. The quantitative estimate of drug-likeness (QED) is 0.860. The van der Waals surface area contributed by atoms with E-state index in [2.05, 4.69) is 0 Å². The fourth-order valence-electron chi connectivity index (χ4n) is 1.23. The Hall–Kier alpha value is -0.220. The Labute approximate surface area is 108 Å². The van der Waals surface area contributed by atoms with Crippen molar-refractivity contribution in [2.24, 2.45) is 0 Å². The molecule has 0 aliphatic rings. The van der Waals surface area contributed by atoms with Gasteiger partial charge < -0.3 is 9.84 Å². The SMILES string of the molecule is COc1ccc(C(O)CC(Cl)(Cl)Cl)c(F)c1. The smallest absolute Gasteiger partial charge is 0.193 e. The summed E-state index contributed by atoms with van der Waals surface area (Å²) in [5, 5.41) is 9.67. The van der Waals surface area contributed by atoms with Crippen LogP contribution in [0.1, 0.15) is 18.1 Å². The lowest BCUT2D eigenvalue weighted by Crippen LogP contribution is -2.11.